The molecule has 2 amide bonds. The van der Waals surface area contributed by atoms with E-state index in [-0.39, 0.29) is 6.04 Å². The molecule has 27 heavy (non-hydrogen) atoms. The third kappa shape index (κ3) is 5.27. The summed E-state index contributed by atoms with van der Waals surface area (Å²) in [5.74, 6) is -4.74. The summed E-state index contributed by atoms with van der Waals surface area (Å²) in [5.41, 5.74) is 0. The molecule has 0 bridgehead atoms. The van der Waals surface area contributed by atoms with Crippen LogP contribution in [0.5, 0.6) is 0 Å². The summed E-state index contributed by atoms with van der Waals surface area (Å²) in [5, 5.41) is 11.8. The third-order valence-corrected chi connectivity index (χ3v) is 6.01. The molecule has 3 atom stereocenters. The van der Waals surface area contributed by atoms with E-state index in [0.717, 1.165) is 43.7 Å². The van der Waals surface area contributed by atoms with Crippen LogP contribution in [0, 0.1) is 17.8 Å². The number of amides is 2. The Bertz CT molecular complexity index is 518. The van der Waals surface area contributed by atoms with Crippen LogP contribution in [0.4, 0.5) is 18.0 Å². The number of aliphatic carboxylic acids is 1. The molecule has 0 aromatic heterocycles. The Morgan fingerprint density at radius 2 is 1.74 bits per heavy atom. The van der Waals surface area contributed by atoms with Crippen molar-refractivity contribution >= 4 is 12.0 Å². The van der Waals surface area contributed by atoms with Crippen LogP contribution in [0.2, 0.25) is 0 Å². The first-order valence-electron chi connectivity index (χ1n) is 9.75. The van der Waals surface area contributed by atoms with Gasteiger partial charge in [0.15, 0.2) is 0 Å². The van der Waals surface area contributed by atoms with Crippen molar-refractivity contribution in [3.8, 4) is 0 Å². The number of carbonyl (C=O) groups excluding carboxylic acids is 1. The number of carbonyl (C=O) groups is 2. The molecule has 0 aliphatic carbocycles. The minimum Gasteiger partial charge on any atom is -0.481 e. The van der Waals surface area contributed by atoms with Gasteiger partial charge in [0.25, 0.3) is 0 Å². The maximum atomic E-state index is 13.1. The highest BCUT2D eigenvalue weighted by Gasteiger charge is 2.53. The zero-order valence-electron chi connectivity index (χ0n) is 16.0. The number of likely N-dealkylation sites (tertiary alicyclic amines) is 2. The number of rotatable bonds is 7. The summed E-state index contributed by atoms with van der Waals surface area (Å²) >= 11 is 0. The summed E-state index contributed by atoms with van der Waals surface area (Å²) in [6.07, 6.45) is -0.469. The molecule has 2 saturated heterocycles. The highest BCUT2D eigenvalue weighted by atomic mass is 19.4. The quantitative estimate of drug-likeness (QED) is 0.698. The number of hydrogen-bond acceptors (Lipinski definition) is 3. The normalized spacial score (nSPS) is 25.2. The maximum Gasteiger partial charge on any atom is 0.394 e. The first kappa shape index (κ1) is 21.8. The van der Waals surface area contributed by atoms with E-state index in [4.69, 9.17) is 5.11 Å². The van der Waals surface area contributed by atoms with Gasteiger partial charge >= 0.3 is 18.2 Å². The summed E-state index contributed by atoms with van der Waals surface area (Å²) in [4.78, 5) is 26.9. The van der Waals surface area contributed by atoms with Crippen molar-refractivity contribution in [1.29, 1.82) is 0 Å². The second-order valence-corrected chi connectivity index (χ2v) is 7.57. The van der Waals surface area contributed by atoms with Crippen molar-refractivity contribution in [2.45, 2.75) is 51.7 Å². The van der Waals surface area contributed by atoms with Crippen LogP contribution in [-0.2, 0) is 4.79 Å². The largest absolute Gasteiger partial charge is 0.481 e. The minimum atomic E-state index is -4.63. The standard InChI is InChI=1S/C18H30F3N3O3/c1-3-12(4-2)15(23-7-5-6-8-23)9-22-17(27)24-10-13(16(25)26)14(11-24)18(19,20)21/h12-15H,3-11H2,1-2H3,(H,22,27)(H,25,26)/t13-,14-,15?/m1/s1. The van der Waals surface area contributed by atoms with Gasteiger partial charge in [0, 0.05) is 25.7 Å². The number of alkyl halides is 3. The number of carboxylic acid groups (broad SMARTS) is 1. The molecular formula is C18H30F3N3O3. The van der Waals surface area contributed by atoms with Gasteiger partial charge in [-0.2, -0.15) is 13.2 Å². The fourth-order valence-electron chi connectivity index (χ4n) is 4.36. The highest BCUT2D eigenvalue weighted by Crippen LogP contribution is 2.37. The van der Waals surface area contributed by atoms with Crippen LogP contribution < -0.4 is 5.32 Å². The lowest BCUT2D eigenvalue weighted by Gasteiger charge is -2.34. The van der Waals surface area contributed by atoms with Gasteiger partial charge in [-0.25, -0.2) is 4.79 Å². The van der Waals surface area contributed by atoms with E-state index < -0.39 is 43.1 Å². The molecule has 0 spiro atoms. The number of nitrogens with one attached hydrogen (secondary N) is 1. The first-order chi connectivity index (χ1) is 12.7. The zero-order valence-corrected chi connectivity index (χ0v) is 16.0. The van der Waals surface area contributed by atoms with Crippen molar-refractivity contribution in [2.24, 2.45) is 17.8 Å². The van der Waals surface area contributed by atoms with Gasteiger partial charge in [-0.05, 0) is 31.8 Å². The molecule has 156 valence electrons. The van der Waals surface area contributed by atoms with Gasteiger partial charge in [-0.3, -0.25) is 9.69 Å². The minimum absolute atomic E-state index is 0.155. The smallest absolute Gasteiger partial charge is 0.394 e. The third-order valence-electron chi connectivity index (χ3n) is 6.01. The van der Waals surface area contributed by atoms with Crippen molar-refractivity contribution < 1.29 is 27.9 Å². The lowest BCUT2D eigenvalue weighted by molar-refractivity contribution is -0.187. The summed E-state index contributed by atoms with van der Waals surface area (Å²) in [7, 11) is 0. The number of nitrogens with zero attached hydrogens (tertiary/aromatic N) is 2. The van der Waals surface area contributed by atoms with E-state index in [1.54, 1.807) is 0 Å². The van der Waals surface area contributed by atoms with Crippen LogP contribution >= 0.6 is 0 Å². The molecule has 1 unspecified atom stereocenters. The number of hydrogen-bond donors (Lipinski definition) is 2. The molecule has 2 aliphatic heterocycles. The fraction of sp³-hybridized carbons (Fsp3) is 0.889. The van der Waals surface area contributed by atoms with Gasteiger partial charge in [0.1, 0.15) is 0 Å². The second kappa shape index (κ2) is 9.12. The van der Waals surface area contributed by atoms with Crippen LogP contribution in [-0.4, -0.2) is 71.8 Å². The molecule has 0 saturated carbocycles. The van der Waals surface area contributed by atoms with Crippen LogP contribution in [0.3, 0.4) is 0 Å². The molecule has 6 nitrogen and oxygen atoms in total. The lowest BCUT2D eigenvalue weighted by atomic mass is 9.93. The summed E-state index contributed by atoms with van der Waals surface area (Å²) in [6.45, 7) is 5.50. The summed E-state index contributed by atoms with van der Waals surface area (Å²) < 4.78 is 39.3. The lowest BCUT2D eigenvalue weighted by Crippen LogP contribution is -2.49. The molecule has 9 heteroatoms. The average molecular weight is 393 g/mol. The Morgan fingerprint density at radius 3 is 2.19 bits per heavy atom. The maximum absolute atomic E-state index is 13.1. The van der Waals surface area contributed by atoms with E-state index >= 15 is 0 Å². The molecule has 2 N–H and O–H groups in total. The van der Waals surface area contributed by atoms with Gasteiger partial charge < -0.3 is 15.3 Å². The topological polar surface area (TPSA) is 72.9 Å². The molecular weight excluding hydrogens is 363 g/mol. The van der Waals surface area contributed by atoms with Crippen LogP contribution in [0.25, 0.3) is 0 Å². The van der Waals surface area contributed by atoms with Crippen molar-refractivity contribution in [3.63, 3.8) is 0 Å². The van der Waals surface area contributed by atoms with E-state index in [1.807, 2.05) is 0 Å². The molecule has 2 aliphatic rings. The first-order valence-corrected chi connectivity index (χ1v) is 9.75. The number of carboxylic acids is 1. The van der Waals surface area contributed by atoms with E-state index in [2.05, 4.69) is 24.1 Å². The SMILES string of the molecule is CCC(CC)C(CNC(=O)N1C[C@@H](C(F)(F)F)[C@H](C(=O)O)C1)N1CCCC1. The van der Waals surface area contributed by atoms with Gasteiger partial charge in [-0.1, -0.05) is 26.7 Å². The van der Waals surface area contributed by atoms with E-state index in [9.17, 15) is 22.8 Å². The monoisotopic (exact) mass is 393 g/mol. The number of halogens is 3. The Kier molecular flexibility index (Phi) is 7.36. The van der Waals surface area contributed by atoms with Gasteiger partial charge in [-0.15, -0.1) is 0 Å². The Morgan fingerprint density at radius 1 is 1.15 bits per heavy atom. The molecule has 2 fully saturated rings. The molecule has 2 heterocycles. The second-order valence-electron chi connectivity index (χ2n) is 7.57. The Balaban J connectivity index is 1.99. The van der Waals surface area contributed by atoms with Crippen molar-refractivity contribution in [1.82, 2.24) is 15.1 Å². The predicted molar refractivity (Wildman–Crippen MR) is 94.3 cm³/mol. The Hall–Kier alpha value is -1.51. The molecule has 0 aromatic carbocycles. The molecule has 0 aromatic rings. The number of urea groups is 1. The summed E-state index contributed by atoms with van der Waals surface area (Å²) in [6, 6.07) is -0.453. The predicted octanol–water partition coefficient (Wildman–Crippen LogP) is 2.79. The van der Waals surface area contributed by atoms with Crippen LogP contribution in [0.1, 0.15) is 39.5 Å². The molecule has 2 rings (SSSR count). The average Bonchev–Trinajstić information content (AvgIpc) is 3.27. The van der Waals surface area contributed by atoms with E-state index in [0.29, 0.717) is 12.5 Å². The van der Waals surface area contributed by atoms with Crippen molar-refractivity contribution in [3.05, 3.63) is 0 Å². The van der Waals surface area contributed by atoms with Gasteiger partial charge in [0.05, 0.1) is 11.8 Å². The van der Waals surface area contributed by atoms with Crippen molar-refractivity contribution in [2.75, 3.05) is 32.7 Å². The van der Waals surface area contributed by atoms with Gasteiger partial charge in [0.2, 0.25) is 0 Å². The zero-order chi connectivity index (χ0) is 20.2. The molecule has 0 radical (unpaired) electrons. The fourth-order valence-corrected chi connectivity index (χ4v) is 4.36. The van der Waals surface area contributed by atoms with E-state index in [1.165, 1.54) is 0 Å². The highest BCUT2D eigenvalue weighted by molar-refractivity contribution is 5.77. The Labute approximate surface area is 158 Å². The van der Waals surface area contributed by atoms with Crippen LogP contribution in [0.15, 0.2) is 0 Å².